The van der Waals surface area contributed by atoms with Gasteiger partial charge in [-0.1, -0.05) is 188 Å². The van der Waals surface area contributed by atoms with Crippen LogP contribution in [-0.4, -0.2) is 4.98 Å². The van der Waals surface area contributed by atoms with E-state index in [2.05, 4.69) is 212 Å². The zero-order valence-corrected chi connectivity index (χ0v) is 29.2. The van der Waals surface area contributed by atoms with Crippen molar-refractivity contribution in [2.75, 3.05) is 0 Å². The molecule has 8 aromatic carbocycles. The molecule has 0 fully saturated rings. The zero-order chi connectivity index (χ0) is 35.2. The lowest BCUT2D eigenvalue weighted by atomic mass is 9.66. The number of fused-ring (bicyclic) bond motifs is 5. The Morgan fingerprint density at radius 3 is 1.49 bits per heavy atom. The van der Waals surface area contributed by atoms with Crippen LogP contribution < -0.4 is 0 Å². The third-order valence-corrected chi connectivity index (χ3v) is 10.9. The van der Waals surface area contributed by atoms with Crippen molar-refractivity contribution in [3.63, 3.8) is 0 Å². The van der Waals surface area contributed by atoms with Crippen LogP contribution >= 0.6 is 0 Å². The minimum absolute atomic E-state index is 0.498. The van der Waals surface area contributed by atoms with Crippen molar-refractivity contribution in [2.45, 2.75) is 5.41 Å². The van der Waals surface area contributed by atoms with Crippen molar-refractivity contribution in [3.05, 3.63) is 235 Å². The first-order valence-corrected chi connectivity index (χ1v) is 18.3. The van der Waals surface area contributed by atoms with Crippen LogP contribution in [0.5, 0.6) is 0 Å². The van der Waals surface area contributed by atoms with E-state index in [-0.39, 0.29) is 0 Å². The van der Waals surface area contributed by atoms with Gasteiger partial charge in [0.15, 0.2) is 0 Å². The Labute approximate surface area is 310 Å². The fraction of sp³-hybridized carbons (Fsp3) is 0.0192. The summed E-state index contributed by atoms with van der Waals surface area (Å²) in [4.78, 5) is 5.16. The molecule has 0 N–H and O–H groups in total. The Morgan fingerprint density at radius 1 is 0.340 bits per heavy atom. The van der Waals surface area contributed by atoms with Gasteiger partial charge in [-0.3, -0.25) is 0 Å². The van der Waals surface area contributed by atoms with E-state index in [0.717, 1.165) is 33.6 Å². The average molecular weight is 674 g/mol. The molecule has 0 saturated carbocycles. The molecule has 1 heteroatoms. The van der Waals surface area contributed by atoms with E-state index in [9.17, 15) is 0 Å². The third-order valence-electron chi connectivity index (χ3n) is 10.9. The lowest BCUT2D eigenvalue weighted by molar-refractivity contribution is 0.775. The minimum atomic E-state index is -0.498. The number of hydrogen-bond donors (Lipinski definition) is 0. The van der Waals surface area contributed by atoms with E-state index in [1.165, 1.54) is 55.3 Å². The van der Waals surface area contributed by atoms with Gasteiger partial charge >= 0.3 is 0 Å². The Morgan fingerprint density at radius 2 is 0.849 bits per heavy atom. The molecule has 0 atom stereocenters. The van der Waals surface area contributed by atoms with Crippen LogP contribution in [0.15, 0.2) is 212 Å². The highest BCUT2D eigenvalue weighted by Crippen LogP contribution is 2.60. The van der Waals surface area contributed by atoms with Crippen molar-refractivity contribution >= 4 is 10.8 Å². The molecule has 0 spiro atoms. The molecule has 0 bridgehead atoms. The summed E-state index contributed by atoms with van der Waals surface area (Å²) < 4.78 is 0. The normalized spacial score (nSPS) is 12.7. The van der Waals surface area contributed by atoms with E-state index in [4.69, 9.17) is 4.98 Å². The smallest absolute Gasteiger partial charge is 0.0719 e. The molecule has 53 heavy (non-hydrogen) atoms. The van der Waals surface area contributed by atoms with Gasteiger partial charge in [-0.15, -0.1) is 0 Å². The monoisotopic (exact) mass is 673 g/mol. The van der Waals surface area contributed by atoms with E-state index in [0.29, 0.717) is 0 Å². The predicted octanol–water partition coefficient (Wildman–Crippen LogP) is 13.3. The number of hydrogen-bond acceptors (Lipinski definition) is 1. The standard InChI is InChI=1S/C52H35N/c1-5-18-36(19-6-1)48-34-41(35-49(53-48)37-20-7-2-8-21-37)38-23-17-24-39(32-38)46-33-40-22-13-14-29-44(40)51-50(46)45-30-15-16-31-47(45)52(51,42-25-9-3-10-26-42)43-27-11-4-12-28-43/h1-35H. The maximum absolute atomic E-state index is 5.16. The van der Waals surface area contributed by atoms with Crippen molar-refractivity contribution in [1.29, 1.82) is 0 Å². The molecule has 10 rings (SSSR count). The maximum atomic E-state index is 5.16. The van der Waals surface area contributed by atoms with Crippen LogP contribution in [0.4, 0.5) is 0 Å². The molecule has 0 amide bonds. The third kappa shape index (κ3) is 5.05. The van der Waals surface area contributed by atoms with E-state index in [1.54, 1.807) is 0 Å². The zero-order valence-electron chi connectivity index (χ0n) is 29.2. The number of aromatic nitrogens is 1. The van der Waals surface area contributed by atoms with Gasteiger partial charge < -0.3 is 0 Å². The molecule has 9 aromatic rings. The van der Waals surface area contributed by atoms with Gasteiger partial charge in [-0.2, -0.15) is 0 Å². The van der Waals surface area contributed by atoms with Gasteiger partial charge in [0.1, 0.15) is 0 Å². The van der Waals surface area contributed by atoms with Crippen LogP contribution in [0, 0.1) is 0 Å². The molecule has 0 saturated heterocycles. The van der Waals surface area contributed by atoms with Gasteiger partial charge in [0, 0.05) is 11.1 Å². The van der Waals surface area contributed by atoms with Gasteiger partial charge in [0.25, 0.3) is 0 Å². The van der Waals surface area contributed by atoms with Crippen LogP contribution in [0.3, 0.4) is 0 Å². The van der Waals surface area contributed by atoms with Crippen LogP contribution in [0.1, 0.15) is 22.3 Å². The van der Waals surface area contributed by atoms with E-state index < -0.39 is 5.41 Å². The van der Waals surface area contributed by atoms with E-state index >= 15 is 0 Å². The molecular formula is C52H35N. The van der Waals surface area contributed by atoms with Crippen molar-refractivity contribution in [3.8, 4) is 55.9 Å². The minimum Gasteiger partial charge on any atom is -0.248 e. The first-order valence-electron chi connectivity index (χ1n) is 18.3. The van der Waals surface area contributed by atoms with Gasteiger partial charge in [-0.05, 0) is 90.7 Å². The van der Waals surface area contributed by atoms with Crippen molar-refractivity contribution in [1.82, 2.24) is 4.98 Å². The fourth-order valence-electron chi connectivity index (χ4n) is 8.63. The summed E-state index contributed by atoms with van der Waals surface area (Å²) >= 11 is 0. The number of benzene rings is 8. The molecule has 248 valence electrons. The summed E-state index contributed by atoms with van der Waals surface area (Å²) in [5, 5.41) is 2.51. The molecular weight excluding hydrogens is 639 g/mol. The Kier molecular flexibility index (Phi) is 7.44. The Hall–Kier alpha value is -6.83. The molecule has 0 unspecified atom stereocenters. The summed E-state index contributed by atoms with van der Waals surface area (Å²) in [5.41, 5.74) is 16.1. The summed E-state index contributed by atoms with van der Waals surface area (Å²) in [5.74, 6) is 0. The lowest BCUT2D eigenvalue weighted by Gasteiger charge is -2.35. The summed E-state index contributed by atoms with van der Waals surface area (Å²) in [6.45, 7) is 0. The highest BCUT2D eigenvalue weighted by molar-refractivity contribution is 6.07. The highest BCUT2D eigenvalue weighted by atomic mass is 14.7. The molecule has 1 aliphatic carbocycles. The largest absolute Gasteiger partial charge is 0.248 e. The second-order valence-electron chi connectivity index (χ2n) is 13.9. The summed E-state index contributed by atoms with van der Waals surface area (Å²) in [6.07, 6.45) is 0. The van der Waals surface area contributed by atoms with Crippen molar-refractivity contribution in [2.24, 2.45) is 0 Å². The van der Waals surface area contributed by atoms with Gasteiger partial charge in [0.2, 0.25) is 0 Å². The first kappa shape index (κ1) is 30.9. The fourth-order valence-corrected chi connectivity index (χ4v) is 8.63. The number of nitrogens with zero attached hydrogens (tertiary/aromatic N) is 1. The quantitative estimate of drug-likeness (QED) is 0.171. The van der Waals surface area contributed by atoms with Crippen LogP contribution in [0.25, 0.3) is 66.7 Å². The maximum Gasteiger partial charge on any atom is 0.0719 e. The molecule has 0 radical (unpaired) electrons. The Balaban J connectivity index is 1.25. The highest BCUT2D eigenvalue weighted by Gasteiger charge is 2.48. The van der Waals surface area contributed by atoms with Gasteiger partial charge in [-0.25, -0.2) is 4.98 Å². The van der Waals surface area contributed by atoms with Crippen LogP contribution in [0.2, 0.25) is 0 Å². The van der Waals surface area contributed by atoms with Gasteiger partial charge in [0.05, 0.1) is 16.8 Å². The average Bonchev–Trinajstić information content (AvgIpc) is 3.57. The summed E-state index contributed by atoms with van der Waals surface area (Å²) in [7, 11) is 0. The SMILES string of the molecule is c1ccc(-c2cc(-c3cccc(-c4cc5ccccc5c5c4-c4ccccc4C5(c4ccccc4)c4ccccc4)c3)cc(-c3ccccc3)n2)cc1. The van der Waals surface area contributed by atoms with Crippen LogP contribution in [-0.2, 0) is 5.41 Å². The molecule has 1 aromatic heterocycles. The molecule has 1 nitrogen and oxygen atoms in total. The number of pyridine rings is 1. The lowest BCUT2D eigenvalue weighted by Crippen LogP contribution is -2.28. The Bertz CT molecular complexity index is 2650. The first-order chi connectivity index (χ1) is 26.3. The molecule has 1 heterocycles. The topological polar surface area (TPSA) is 12.9 Å². The molecule has 1 aliphatic rings. The second kappa shape index (κ2) is 12.7. The predicted molar refractivity (Wildman–Crippen MR) is 221 cm³/mol. The second-order valence-corrected chi connectivity index (χ2v) is 13.9. The summed E-state index contributed by atoms with van der Waals surface area (Å²) in [6, 6.07) is 77.1. The number of rotatable bonds is 6. The van der Waals surface area contributed by atoms with Crippen molar-refractivity contribution < 1.29 is 0 Å². The van der Waals surface area contributed by atoms with E-state index in [1.807, 2.05) is 0 Å². The molecule has 0 aliphatic heterocycles.